The van der Waals surface area contributed by atoms with Gasteiger partial charge in [-0.3, -0.25) is 4.98 Å². The van der Waals surface area contributed by atoms with Gasteiger partial charge in [0.1, 0.15) is 18.5 Å². The molecule has 0 spiro atoms. The lowest BCUT2D eigenvalue weighted by Crippen LogP contribution is -2.42. The number of para-hydroxylation sites is 1. The van der Waals surface area contributed by atoms with E-state index in [1.165, 1.54) is 0 Å². The van der Waals surface area contributed by atoms with Gasteiger partial charge in [0.15, 0.2) is 5.96 Å². The normalized spacial score (nSPS) is 12.2. The Balaban J connectivity index is 0.00000320. The summed E-state index contributed by atoms with van der Waals surface area (Å²) < 4.78 is 5.66. The third kappa shape index (κ3) is 7.14. The number of guanidine groups is 1. The summed E-state index contributed by atoms with van der Waals surface area (Å²) in [5.41, 5.74) is 3.19. The van der Waals surface area contributed by atoms with Crippen LogP contribution < -0.4 is 15.4 Å². The van der Waals surface area contributed by atoms with E-state index in [4.69, 9.17) is 4.74 Å². The first-order chi connectivity index (χ1) is 14.2. The van der Waals surface area contributed by atoms with Crippen molar-refractivity contribution in [3.8, 4) is 5.75 Å². The van der Waals surface area contributed by atoms with E-state index < -0.39 is 6.10 Å². The quantitative estimate of drug-likeness (QED) is 0.240. The highest BCUT2D eigenvalue weighted by Gasteiger charge is 2.08. The monoisotopic (exact) mass is 520 g/mol. The highest BCUT2D eigenvalue weighted by atomic mass is 127. The van der Waals surface area contributed by atoms with Crippen LogP contribution in [-0.4, -0.2) is 41.9 Å². The van der Waals surface area contributed by atoms with Crippen molar-refractivity contribution < 1.29 is 9.84 Å². The fraction of sp³-hybridized carbons (Fsp3) is 0.304. The Kier molecular flexibility index (Phi) is 9.82. The smallest absolute Gasteiger partial charge is 0.191 e. The van der Waals surface area contributed by atoms with Crippen molar-refractivity contribution in [2.24, 2.45) is 4.99 Å². The van der Waals surface area contributed by atoms with Gasteiger partial charge in [-0.25, -0.2) is 4.99 Å². The number of benzene rings is 2. The summed E-state index contributed by atoms with van der Waals surface area (Å²) in [5.74, 6) is 1.41. The molecule has 0 radical (unpaired) electrons. The minimum atomic E-state index is -0.652. The van der Waals surface area contributed by atoms with Crippen molar-refractivity contribution in [2.75, 3.05) is 19.7 Å². The molecule has 0 amide bonds. The molecule has 1 heterocycles. The molecular formula is C23H29IN4O2. The van der Waals surface area contributed by atoms with Crippen molar-refractivity contribution >= 4 is 40.8 Å². The van der Waals surface area contributed by atoms with Gasteiger partial charge in [0.2, 0.25) is 0 Å². The van der Waals surface area contributed by atoms with Crippen LogP contribution in [0.3, 0.4) is 0 Å². The summed E-state index contributed by atoms with van der Waals surface area (Å²) in [6, 6.07) is 17.8. The lowest BCUT2D eigenvalue weighted by atomic mass is 10.1. The predicted molar refractivity (Wildman–Crippen MR) is 133 cm³/mol. The Labute approximate surface area is 194 Å². The van der Waals surface area contributed by atoms with Crippen molar-refractivity contribution in [1.29, 1.82) is 0 Å². The lowest BCUT2D eigenvalue weighted by Gasteiger charge is -2.16. The summed E-state index contributed by atoms with van der Waals surface area (Å²) in [6.45, 7) is 5.83. The van der Waals surface area contributed by atoms with E-state index in [1.807, 2.05) is 62.4 Å². The van der Waals surface area contributed by atoms with Crippen molar-refractivity contribution in [2.45, 2.75) is 26.5 Å². The Morgan fingerprint density at radius 3 is 2.77 bits per heavy atom. The zero-order chi connectivity index (χ0) is 20.5. The van der Waals surface area contributed by atoms with Gasteiger partial charge in [0, 0.05) is 24.7 Å². The molecule has 7 heteroatoms. The van der Waals surface area contributed by atoms with E-state index >= 15 is 0 Å². The Morgan fingerprint density at radius 2 is 1.97 bits per heavy atom. The van der Waals surface area contributed by atoms with Gasteiger partial charge >= 0.3 is 0 Å². The summed E-state index contributed by atoms with van der Waals surface area (Å²) in [7, 11) is 0. The molecular weight excluding hydrogens is 491 g/mol. The highest BCUT2D eigenvalue weighted by molar-refractivity contribution is 14.0. The molecule has 0 fully saturated rings. The highest BCUT2D eigenvalue weighted by Crippen LogP contribution is 2.16. The zero-order valence-electron chi connectivity index (χ0n) is 17.3. The number of hydrogen-bond acceptors (Lipinski definition) is 4. The molecule has 0 aliphatic rings. The number of aliphatic imine (C=N–C) groups is 1. The van der Waals surface area contributed by atoms with Gasteiger partial charge in [-0.2, -0.15) is 0 Å². The maximum Gasteiger partial charge on any atom is 0.191 e. The number of aryl methyl sites for hydroxylation is 1. The molecule has 2 aromatic carbocycles. The largest absolute Gasteiger partial charge is 0.491 e. The van der Waals surface area contributed by atoms with Crippen LogP contribution in [0.2, 0.25) is 0 Å². The standard InChI is InChI=1S/C23H28N4O2.HI/c1-3-24-23(26-14-18-11-12-25-22-10-5-4-9-21(18)22)27-15-19(28)16-29-20-8-6-7-17(2)13-20;/h4-13,19,28H,3,14-16H2,1-2H3,(H2,24,26,27);1H. The van der Waals surface area contributed by atoms with E-state index in [0.29, 0.717) is 19.0 Å². The molecule has 1 atom stereocenters. The van der Waals surface area contributed by atoms with Crippen LogP contribution in [0, 0.1) is 6.92 Å². The predicted octanol–water partition coefficient (Wildman–Crippen LogP) is 3.66. The summed E-state index contributed by atoms with van der Waals surface area (Å²) >= 11 is 0. The van der Waals surface area contributed by atoms with Crippen LogP contribution in [-0.2, 0) is 6.54 Å². The molecule has 0 aliphatic carbocycles. The number of halogens is 1. The van der Waals surface area contributed by atoms with Crippen LogP contribution in [0.1, 0.15) is 18.1 Å². The first kappa shape index (κ1) is 23.9. The van der Waals surface area contributed by atoms with E-state index in [2.05, 4.69) is 26.7 Å². The molecule has 0 saturated heterocycles. The molecule has 6 nitrogen and oxygen atoms in total. The van der Waals surface area contributed by atoms with E-state index in [9.17, 15) is 5.11 Å². The number of hydrogen-bond donors (Lipinski definition) is 3. The average molecular weight is 520 g/mol. The van der Waals surface area contributed by atoms with Crippen LogP contribution >= 0.6 is 24.0 Å². The molecule has 1 unspecified atom stereocenters. The van der Waals surface area contributed by atoms with E-state index in [0.717, 1.165) is 34.3 Å². The van der Waals surface area contributed by atoms with Gasteiger partial charge in [-0.15, -0.1) is 24.0 Å². The Morgan fingerprint density at radius 1 is 1.13 bits per heavy atom. The molecule has 3 rings (SSSR count). The molecule has 30 heavy (non-hydrogen) atoms. The van der Waals surface area contributed by atoms with Gasteiger partial charge in [0.25, 0.3) is 0 Å². The van der Waals surface area contributed by atoms with Crippen molar-refractivity contribution in [3.05, 3.63) is 71.9 Å². The number of ether oxygens (including phenoxy) is 1. The van der Waals surface area contributed by atoms with E-state index in [-0.39, 0.29) is 30.6 Å². The van der Waals surface area contributed by atoms with Crippen LogP contribution in [0.25, 0.3) is 10.9 Å². The molecule has 1 aromatic heterocycles. The Bertz CT molecular complexity index is 959. The molecule has 3 aromatic rings. The minimum Gasteiger partial charge on any atom is -0.491 e. The zero-order valence-corrected chi connectivity index (χ0v) is 19.7. The average Bonchev–Trinajstić information content (AvgIpc) is 2.74. The van der Waals surface area contributed by atoms with E-state index in [1.54, 1.807) is 6.20 Å². The molecule has 160 valence electrons. The SMILES string of the molecule is CCNC(=NCc1ccnc2ccccc12)NCC(O)COc1cccc(C)c1.I. The number of aliphatic hydroxyl groups excluding tert-OH is 1. The maximum atomic E-state index is 10.2. The fourth-order valence-electron chi connectivity index (χ4n) is 2.97. The first-order valence-corrected chi connectivity index (χ1v) is 9.88. The second-order valence-electron chi connectivity index (χ2n) is 6.84. The third-order valence-corrected chi connectivity index (χ3v) is 4.43. The fourth-order valence-corrected chi connectivity index (χ4v) is 2.97. The summed E-state index contributed by atoms with van der Waals surface area (Å²) in [4.78, 5) is 9.04. The lowest BCUT2D eigenvalue weighted by molar-refractivity contribution is 0.110. The number of nitrogens with zero attached hydrogens (tertiary/aromatic N) is 2. The van der Waals surface area contributed by atoms with Crippen molar-refractivity contribution in [1.82, 2.24) is 15.6 Å². The first-order valence-electron chi connectivity index (χ1n) is 9.88. The van der Waals surface area contributed by atoms with Crippen LogP contribution in [0.4, 0.5) is 0 Å². The number of pyridine rings is 1. The summed E-state index contributed by atoms with van der Waals surface area (Å²) in [6.07, 6.45) is 1.15. The van der Waals surface area contributed by atoms with Crippen molar-refractivity contribution in [3.63, 3.8) is 0 Å². The number of rotatable bonds is 8. The van der Waals surface area contributed by atoms with Crippen LogP contribution in [0.5, 0.6) is 5.75 Å². The van der Waals surface area contributed by atoms with Gasteiger partial charge in [0.05, 0.1) is 12.1 Å². The number of aliphatic hydroxyl groups is 1. The molecule has 0 saturated carbocycles. The van der Waals surface area contributed by atoms with Crippen LogP contribution in [0.15, 0.2) is 65.8 Å². The van der Waals surface area contributed by atoms with Gasteiger partial charge in [-0.1, -0.05) is 30.3 Å². The van der Waals surface area contributed by atoms with Gasteiger partial charge < -0.3 is 20.5 Å². The topological polar surface area (TPSA) is 78.8 Å². The maximum absolute atomic E-state index is 10.2. The number of fused-ring (bicyclic) bond motifs is 1. The summed E-state index contributed by atoms with van der Waals surface area (Å²) in [5, 5.41) is 17.7. The third-order valence-electron chi connectivity index (χ3n) is 4.43. The second kappa shape index (κ2) is 12.3. The number of nitrogens with one attached hydrogen (secondary N) is 2. The van der Waals surface area contributed by atoms with Gasteiger partial charge in [-0.05, 0) is 49.2 Å². The second-order valence-corrected chi connectivity index (χ2v) is 6.84. The molecule has 0 aliphatic heterocycles. The Hall–Kier alpha value is -2.39. The molecule has 3 N–H and O–H groups in total. The number of aromatic nitrogens is 1. The minimum absolute atomic E-state index is 0. The molecule has 0 bridgehead atoms.